The van der Waals surface area contributed by atoms with Crippen molar-refractivity contribution in [3.63, 3.8) is 0 Å². The number of rotatable bonds is 6. The van der Waals surface area contributed by atoms with Gasteiger partial charge in [0.05, 0.1) is 25.5 Å². The molecule has 1 saturated heterocycles. The first-order valence-corrected chi connectivity index (χ1v) is 9.24. The third-order valence-electron chi connectivity index (χ3n) is 3.76. The first-order valence-electron chi connectivity index (χ1n) is 7.63. The SMILES string of the molecule is CCNC(=NCCS(=O)(=O)N1CCOCC1)NC1CC1C. The van der Waals surface area contributed by atoms with E-state index in [-0.39, 0.29) is 12.3 Å². The number of ether oxygens (including phenoxy) is 1. The highest BCUT2D eigenvalue weighted by molar-refractivity contribution is 7.89. The molecule has 1 heterocycles. The molecule has 0 aromatic heterocycles. The molecule has 21 heavy (non-hydrogen) atoms. The second kappa shape index (κ2) is 7.42. The Balaban J connectivity index is 1.82. The fourth-order valence-electron chi connectivity index (χ4n) is 2.25. The molecule has 0 spiro atoms. The summed E-state index contributed by atoms with van der Waals surface area (Å²) in [5.74, 6) is 1.43. The molecule has 1 aliphatic heterocycles. The fourth-order valence-corrected chi connectivity index (χ4v) is 3.53. The van der Waals surface area contributed by atoms with Crippen LogP contribution in [0, 0.1) is 5.92 Å². The van der Waals surface area contributed by atoms with E-state index in [1.54, 1.807) is 0 Å². The summed E-state index contributed by atoms with van der Waals surface area (Å²) in [6, 6.07) is 0.471. The molecule has 0 aromatic rings. The summed E-state index contributed by atoms with van der Waals surface area (Å²) in [7, 11) is -3.23. The topological polar surface area (TPSA) is 83.0 Å². The highest BCUT2D eigenvalue weighted by Gasteiger charge is 2.33. The van der Waals surface area contributed by atoms with E-state index in [4.69, 9.17) is 4.74 Å². The van der Waals surface area contributed by atoms with Gasteiger partial charge in [0, 0.05) is 25.7 Å². The van der Waals surface area contributed by atoms with Crippen molar-refractivity contribution in [1.29, 1.82) is 0 Å². The largest absolute Gasteiger partial charge is 0.379 e. The average molecular weight is 318 g/mol. The molecular weight excluding hydrogens is 292 g/mol. The number of nitrogens with one attached hydrogen (secondary N) is 2. The predicted molar refractivity (Wildman–Crippen MR) is 82.9 cm³/mol. The van der Waals surface area contributed by atoms with Gasteiger partial charge in [0.15, 0.2) is 5.96 Å². The highest BCUT2D eigenvalue weighted by atomic mass is 32.2. The molecule has 122 valence electrons. The van der Waals surface area contributed by atoms with Crippen LogP contribution in [0.4, 0.5) is 0 Å². The molecule has 2 atom stereocenters. The fraction of sp³-hybridized carbons (Fsp3) is 0.923. The summed E-state index contributed by atoms with van der Waals surface area (Å²) in [6.07, 6.45) is 1.15. The molecule has 0 amide bonds. The number of aliphatic imine (C=N–C) groups is 1. The van der Waals surface area contributed by atoms with Crippen LogP contribution >= 0.6 is 0 Å². The van der Waals surface area contributed by atoms with Crippen LogP contribution in [0.5, 0.6) is 0 Å². The minimum absolute atomic E-state index is 0.0454. The number of hydrogen-bond acceptors (Lipinski definition) is 4. The molecule has 1 aliphatic carbocycles. The van der Waals surface area contributed by atoms with Gasteiger partial charge in [0.1, 0.15) is 0 Å². The lowest BCUT2D eigenvalue weighted by molar-refractivity contribution is 0.0731. The van der Waals surface area contributed by atoms with Gasteiger partial charge in [-0.3, -0.25) is 4.99 Å². The lowest BCUT2D eigenvalue weighted by atomic mass is 10.5. The van der Waals surface area contributed by atoms with Crippen LogP contribution in [0.3, 0.4) is 0 Å². The Morgan fingerprint density at radius 1 is 1.38 bits per heavy atom. The molecule has 7 nitrogen and oxygen atoms in total. The van der Waals surface area contributed by atoms with E-state index in [2.05, 4.69) is 22.5 Å². The summed E-state index contributed by atoms with van der Waals surface area (Å²) < 4.78 is 31.0. The number of sulfonamides is 1. The zero-order valence-electron chi connectivity index (χ0n) is 12.8. The zero-order valence-corrected chi connectivity index (χ0v) is 13.7. The predicted octanol–water partition coefficient (Wildman–Crippen LogP) is -0.388. The van der Waals surface area contributed by atoms with Gasteiger partial charge in [0.2, 0.25) is 10.0 Å². The minimum atomic E-state index is -3.23. The molecule has 0 aromatic carbocycles. The number of hydrogen-bond donors (Lipinski definition) is 2. The maximum Gasteiger partial charge on any atom is 0.216 e. The molecule has 2 aliphatic rings. The van der Waals surface area contributed by atoms with Crippen molar-refractivity contribution in [2.45, 2.75) is 26.3 Å². The van der Waals surface area contributed by atoms with Crippen LogP contribution in [0.2, 0.25) is 0 Å². The monoisotopic (exact) mass is 318 g/mol. The second-order valence-electron chi connectivity index (χ2n) is 5.55. The van der Waals surface area contributed by atoms with E-state index in [1.807, 2.05) is 6.92 Å². The van der Waals surface area contributed by atoms with Crippen LogP contribution in [-0.4, -0.2) is 69.9 Å². The summed E-state index contributed by atoms with van der Waals surface area (Å²) >= 11 is 0. The molecule has 2 fully saturated rings. The summed E-state index contributed by atoms with van der Waals surface area (Å²) in [4.78, 5) is 4.37. The average Bonchev–Trinajstić information content (AvgIpc) is 3.15. The second-order valence-corrected chi connectivity index (χ2v) is 7.64. The van der Waals surface area contributed by atoms with E-state index in [0.717, 1.165) is 13.0 Å². The summed E-state index contributed by atoms with van der Waals surface area (Å²) in [5.41, 5.74) is 0. The Bertz CT molecular complexity index is 460. The van der Waals surface area contributed by atoms with Gasteiger partial charge in [0.25, 0.3) is 0 Å². The van der Waals surface area contributed by atoms with Crippen LogP contribution in [0.25, 0.3) is 0 Å². The third kappa shape index (κ3) is 5.12. The van der Waals surface area contributed by atoms with E-state index in [9.17, 15) is 8.42 Å². The third-order valence-corrected chi connectivity index (χ3v) is 5.61. The highest BCUT2D eigenvalue weighted by Crippen LogP contribution is 2.28. The van der Waals surface area contributed by atoms with Gasteiger partial charge in [-0.1, -0.05) is 6.92 Å². The maximum absolute atomic E-state index is 12.2. The van der Waals surface area contributed by atoms with Crippen molar-refractivity contribution in [2.75, 3.05) is 45.1 Å². The first-order chi connectivity index (χ1) is 10.0. The molecule has 2 unspecified atom stereocenters. The molecule has 1 saturated carbocycles. The van der Waals surface area contributed by atoms with E-state index >= 15 is 0 Å². The Labute approximate surface area is 127 Å². The van der Waals surface area contributed by atoms with E-state index in [0.29, 0.717) is 44.2 Å². The molecular formula is C13H26N4O3S. The van der Waals surface area contributed by atoms with Crippen molar-refractivity contribution >= 4 is 16.0 Å². The lowest BCUT2D eigenvalue weighted by Gasteiger charge is -2.25. The van der Waals surface area contributed by atoms with Gasteiger partial charge in [-0.25, -0.2) is 8.42 Å². The zero-order chi connectivity index (χ0) is 15.3. The van der Waals surface area contributed by atoms with Crippen molar-refractivity contribution in [3.8, 4) is 0 Å². The standard InChI is InChI=1S/C13H26N4O3S/c1-3-14-13(16-12-10-11(12)2)15-4-9-21(18,19)17-5-7-20-8-6-17/h11-12H,3-10H2,1-2H3,(H2,14,15,16). The van der Waals surface area contributed by atoms with Crippen molar-refractivity contribution in [1.82, 2.24) is 14.9 Å². The molecule has 2 N–H and O–H groups in total. The number of morpholine rings is 1. The Kier molecular flexibility index (Phi) is 5.83. The molecule has 2 rings (SSSR count). The lowest BCUT2D eigenvalue weighted by Crippen LogP contribution is -2.43. The van der Waals surface area contributed by atoms with Gasteiger partial charge in [-0.15, -0.1) is 0 Å². The van der Waals surface area contributed by atoms with Gasteiger partial charge in [-0.05, 0) is 19.3 Å². The van der Waals surface area contributed by atoms with Crippen LogP contribution < -0.4 is 10.6 Å². The Morgan fingerprint density at radius 2 is 2.05 bits per heavy atom. The quantitative estimate of drug-likeness (QED) is 0.515. The molecule has 8 heteroatoms. The Morgan fingerprint density at radius 3 is 2.62 bits per heavy atom. The summed E-state index contributed by atoms with van der Waals surface area (Å²) in [6.45, 7) is 7.08. The maximum atomic E-state index is 12.2. The van der Waals surface area contributed by atoms with E-state index < -0.39 is 10.0 Å². The normalized spacial score (nSPS) is 27.4. The minimum Gasteiger partial charge on any atom is -0.379 e. The van der Waals surface area contributed by atoms with Crippen molar-refractivity contribution in [2.24, 2.45) is 10.9 Å². The smallest absolute Gasteiger partial charge is 0.216 e. The van der Waals surface area contributed by atoms with Crippen molar-refractivity contribution < 1.29 is 13.2 Å². The summed E-state index contributed by atoms with van der Waals surface area (Å²) in [5, 5.41) is 6.47. The van der Waals surface area contributed by atoms with Gasteiger partial charge in [-0.2, -0.15) is 4.31 Å². The van der Waals surface area contributed by atoms with Gasteiger partial charge >= 0.3 is 0 Å². The molecule has 0 radical (unpaired) electrons. The van der Waals surface area contributed by atoms with Gasteiger partial charge < -0.3 is 15.4 Å². The van der Waals surface area contributed by atoms with Crippen LogP contribution in [0.15, 0.2) is 4.99 Å². The van der Waals surface area contributed by atoms with E-state index in [1.165, 1.54) is 4.31 Å². The number of nitrogens with zero attached hydrogens (tertiary/aromatic N) is 2. The van der Waals surface area contributed by atoms with Crippen molar-refractivity contribution in [3.05, 3.63) is 0 Å². The number of guanidine groups is 1. The molecule has 0 bridgehead atoms. The van der Waals surface area contributed by atoms with Crippen LogP contribution in [0.1, 0.15) is 20.3 Å². The first kappa shape index (κ1) is 16.5. The Hall–Kier alpha value is -0.860. The van der Waals surface area contributed by atoms with Crippen LogP contribution in [-0.2, 0) is 14.8 Å².